The molecule has 4 aliphatic heterocycles. The Morgan fingerprint density at radius 3 is 2.13 bits per heavy atom. The fourth-order valence-corrected chi connectivity index (χ4v) is 13.4. The molecule has 10 N–H and O–H groups in total. The van der Waals surface area contributed by atoms with Crippen molar-refractivity contribution in [2.75, 3.05) is 26.4 Å². The summed E-state index contributed by atoms with van der Waals surface area (Å²) in [4.78, 5) is 0. The van der Waals surface area contributed by atoms with Gasteiger partial charge in [0.15, 0.2) is 18.9 Å². The van der Waals surface area contributed by atoms with E-state index in [4.69, 9.17) is 33.2 Å². The maximum atomic E-state index is 11.1. The molecule has 0 spiro atoms. The number of fused-ring (bicyclic) bond motifs is 7. The summed E-state index contributed by atoms with van der Waals surface area (Å²) in [6, 6.07) is 0. The topological polar surface area (TPSA) is 267 Å². The molecule has 0 unspecified atom stereocenters. The van der Waals surface area contributed by atoms with Gasteiger partial charge >= 0.3 is 0 Å². The van der Waals surface area contributed by atoms with Crippen molar-refractivity contribution in [1.29, 1.82) is 0 Å². The van der Waals surface area contributed by atoms with Crippen molar-refractivity contribution in [3.8, 4) is 0 Å². The lowest BCUT2D eigenvalue weighted by molar-refractivity contribution is -0.354. The Bertz CT molecular complexity index is 1530. The minimum absolute atomic E-state index is 0.106. The maximum absolute atomic E-state index is 11.1. The van der Waals surface area contributed by atoms with Crippen molar-refractivity contribution in [3.05, 3.63) is 11.3 Å². The van der Waals surface area contributed by atoms with E-state index in [-0.39, 0.29) is 42.2 Å². The van der Waals surface area contributed by atoms with Crippen LogP contribution < -0.4 is 0 Å². The van der Waals surface area contributed by atoms with Gasteiger partial charge in [0.1, 0.15) is 73.2 Å². The van der Waals surface area contributed by atoms with Crippen LogP contribution in [0.3, 0.4) is 0 Å². The van der Waals surface area contributed by atoms with Gasteiger partial charge in [-0.3, -0.25) is 0 Å². The molecule has 0 bridgehead atoms. The van der Waals surface area contributed by atoms with Crippen LogP contribution in [0, 0.1) is 46.3 Å². The highest BCUT2D eigenvalue weighted by Crippen LogP contribution is 2.70. The van der Waals surface area contributed by atoms with Gasteiger partial charge in [0.2, 0.25) is 0 Å². The monoisotopic (exact) mass is 872 g/mol. The number of hydrogen-bond acceptors (Lipinski definition) is 17. The third kappa shape index (κ3) is 8.37. The Hall–Kier alpha value is -1.10. The van der Waals surface area contributed by atoms with Crippen molar-refractivity contribution < 1.29 is 84.2 Å². The van der Waals surface area contributed by atoms with Crippen LogP contribution in [-0.4, -0.2) is 176 Å². The van der Waals surface area contributed by atoms with E-state index >= 15 is 0 Å². The van der Waals surface area contributed by atoms with Gasteiger partial charge in [-0.1, -0.05) is 20.8 Å². The Morgan fingerprint density at radius 1 is 0.705 bits per heavy atom. The molecule has 17 nitrogen and oxygen atoms in total. The van der Waals surface area contributed by atoms with Crippen LogP contribution in [0.2, 0.25) is 0 Å². The van der Waals surface area contributed by atoms with Crippen LogP contribution in [-0.2, 0) is 33.2 Å². The van der Waals surface area contributed by atoms with E-state index in [2.05, 4.69) is 27.7 Å². The molecule has 4 heterocycles. The van der Waals surface area contributed by atoms with E-state index in [1.54, 1.807) is 0 Å². The van der Waals surface area contributed by atoms with Gasteiger partial charge < -0.3 is 84.2 Å². The molecule has 7 fully saturated rings. The molecule has 61 heavy (non-hydrogen) atoms. The van der Waals surface area contributed by atoms with Gasteiger partial charge in [0.25, 0.3) is 0 Å². The average Bonchev–Trinajstić information content (AvgIpc) is 3.73. The molecule has 24 atom stereocenters. The van der Waals surface area contributed by atoms with Gasteiger partial charge in [0.05, 0.1) is 38.3 Å². The minimum Gasteiger partial charge on any atom is -0.494 e. The van der Waals surface area contributed by atoms with Crippen molar-refractivity contribution in [3.63, 3.8) is 0 Å². The molecular formula is C44H72O17. The van der Waals surface area contributed by atoms with Crippen LogP contribution in [0.25, 0.3) is 0 Å². The fraction of sp³-hybridized carbons (Fsp3) is 0.955. The number of aliphatic hydroxyl groups is 10. The molecule has 0 radical (unpaired) electrons. The third-order valence-corrected chi connectivity index (χ3v) is 17.0. The van der Waals surface area contributed by atoms with Crippen LogP contribution in [0.15, 0.2) is 11.3 Å². The highest BCUT2D eigenvalue weighted by atomic mass is 16.7. The SMILES string of the molecule is CC1=C(CC[C@H](C)CO[C@@H]2O[C@H](CO)[C@@H](O)[C@H](O)[C@H]2O)O[C@H]2C[C@H]3[C@@H]4CC[C@@H]5C[C@@H](O[C@@H]6O[C@H](CO)[C@@H](O[C@@H]7OC[C@@H](O)[C@H](O)[C@H]7O)[C@H](O)[C@H]6O)CC[C@]5(C)[C@H]4CC[C@]3(C)[C@@H]12. The van der Waals surface area contributed by atoms with E-state index < -0.39 is 99.2 Å². The third-order valence-electron chi connectivity index (χ3n) is 17.0. The second-order valence-electron chi connectivity index (χ2n) is 20.4. The molecule has 0 aromatic carbocycles. The molecular weight excluding hydrogens is 800 g/mol. The standard InChI is InChI=1S/C44H72O17/c1-19(17-55-40-37(53)34(50)33(49)29(15-45)59-40)5-8-27-20(2)31-28(58-27)14-25-23-7-6-21-13-22(9-11-43(21,3)24(23)10-12-44(25,31)4)57-42-38(54)35(51)39(30(16-46)60-42)61-41-36(52)32(48)26(47)18-56-41/h19,21-26,28-42,45-54H,5-18H2,1-4H3/t19-,21+,22-,23+,24-,25-,26+,28-,29+,30+,31-,32-,33+,34-,35+,36+,37+,38+,39+,40+,41-,42+,43-,44-/m0/s1. The highest BCUT2D eigenvalue weighted by Gasteiger charge is 2.65. The number of aliphatic hydroxyl groups excluding tert-OH is 10. The smallest absolute Gasteiger partial charge is 0.186 e. The van der Waals surface area contributed by atoms with Gasteiger partial charge in [-0.05, 0) is 111 Å². The molecule has 0 aromatic heterocycles. The largest absolute Gasteiger partial charge is 0.494 e. The van der Waals surface area contributed by atoms with Crippen molar-refractivity contribution in [1.82, 2.24) is 0 Å². The molecule has 4 aliphatic carbocycles. The fourth-order valence-electron chi connectivity index (χ4n) is 13.4. The molecule has 350 valence electrons. The quantitative estimate of drug-likeness (QED) is 0.114. The second kappa shape index (κ2) is 18.3. The maximum Gasteiger partial charge on any atom is 0.186 e. The number of hydrogen-bond donors (Lipinski definition) is 10. The zero-order chi connectivity index (χ0) is 43.7. The molecule has 8 aliphatic rings. The van der Waals surface area contributed by atoms with E-state index in [0.29, 0.717) is 29.6 Å². The number of ether oxygens (including phenoxy) is 7. The zero-order valence-electron chi connectivity index (χ0n) is 35.9. The minimum atomic E-state index is -1.61. The van der Waals surface area contributed by atoms with Gasteiger partial charge in [-0.15, -0.1) is 0 Å². The van der Waals surface area contributed by atoms with Gasteiger partial charge in [0, 0.05) is 12.3 Å². The lowest BCUT2D eigenvalue weighted by atomic mass is 9.44. The van der Waals surface area contributed by atoms with Crippen LogP contribution in [0.5, 0.6) is 0 Å². The second-order valence-corrected chi connectivity index (χ2v) is 20.4. The van der Waals surface area contributed by atoms with Gasteiger partial charge in [-0.2, -0.15) is 0 Å². The number of allylic oxidation sites excluding steroid dienone is 1. The lowest BCUT2D eigenvalue weighted by Crippen LogP contribution is -2.63. The highest BCUT2D eigenvalue weighted by molar-refractivity contribution is 5.26. The Kier molecular flexibility index (Phi) is 13.9. The van der Waals surface area contributed by atoms with Crippen molar-refractivity contribution in [2.45, 2.75) is 190 Å². The Morgan fingerprint density at radius 2 is 1.39 bits per heavy atom. The Labute approximate surface area is 357 Å². The molecule has 0 aromatic rings. The zero-order valence-corrected chi connectivity index (χ0v) is 35.9. The van der Waals surface area contributed by atoms with Crippen molar-refractivity contribution in [2.24, 2.45) is 46.3 Å². The molecule has 17 heteroatoms. The first-order valence-electron chi connectivity index (χ1n) is 22.9. The summed E-state index contributed by atoms with van der Waals surface area (Å²) >= 11 is 0. The molecule has 0 amide bonds. The average molecular weight is 873 g/mol. The van der Waals surface area contributed by atoms with E-state index in [1.165, 1.54) is 12.0 Å². The van der Waals surface area contributed by atoms with Gasteiger partial charge in [-0.25, -0.2) is 0 Å². The summed E-state index contributed by atoms with van der Waals surface area (Å²) in [6.07, 6.45) is -9.26. The van der Waals surface area contributed by atoms with Crippen molar-refractivity contribution >= 4 is 0 Å². The van der Waals surface area contributed by atoms with Crippen LogP contribution in [0.1, 0.15) is 91.9 Å². The van der Waals surface area contributed by atoms with E-state index in [9.17, 15) is 51.1 Å². The first kappa shape index (κ1) is 46.4. The van der Waals surface area contributed by atoms with E-state index in [1.807, 2.05) is 0 Å². The summed E-state index contributed by atoms with van der Waals surface area (Å²) in [5.74, 6) is 3.76. The Balaban J connectivity index is 0.837. The predicted molar refractivity (Wildman–Crippen MR) is 212 cm³/mol. The lowest BCUT2D eigenvalue weighted by Gasteiger charge is -2.61. The first-order chi connectivity index (χ1) is 29.0. The van der Waals surface area contributed by atoms with Crippen LogP contribution in [0.4, 0.5) is 0 Å². The summed E-state index contributed by atoms with van der Waals surface area (Å²) in [6.45, 7) is 8.20. The van der Waals surface area contributed by atoms with Crippen LogP contribution >= 0.6 is 0 Å². The molecule has 3 saturated heterocycles. The normalized spacial score (nSPS) is 52.8. The summed E-state index contributed by atoms with van der Waals surface area (Å²) < 4.78 is 41.6. The van der Waals surface area contributed by atoms with E-state index in [0.717, 1.165) is 63.5 Å². The number of rotatable bonds is 12. The summed E-state index contributed by atoms with van der Waals surface area (Å²) in [7, 11) is 0. The molecule has 8 rings (SSSR count). The molecule has 4 saturated carbocycles. The summed E-state index contributed by atoms with van der Waals surface area (Å²) in [5.41, 5.74) is 1.66. The summed E-state index contributed by atoms with van der Waals surface area (Å²) in [5, 5.41) is 103. The first-order valence-corrected chi connectivity index (χ1v) is 22.9. The predicted octanol–water partition coefficient (Wildman–Crippen LogP) is -0.191.